The number of hydrogen-bond donors (Lipinski definition) is 0. The molecule has 0 saturated carbocycles. The van der Waals surface area contributed by atoms with E-state index in [1.807, 2.05) is 11.4 Å². The van der Waals surface area contributed by atoms with Gasteiger partial charge in [-0.15, -0.1) is 11.3 Å². The van der Waals surface area contributed by atoms with Gasteiger partial charge in [0.25, 0.3) is 0 Å². The average Bonchev–Trinajstić information content (AvgIpc) is 2.52. The Kier molecular flexibility index (Phi) is 5.41. The molecular weight excluding hydrogens is 260 g/mol. The molecule has 0 aliphatic carbocycles. The van der Waals surface area contributed by atoms with E-state index in [4.69, 9.17) is 0 Å². The van der Waals surface area contributed by atoms with Crippen LogP contribution in [0.2, 0.25) is 0 Å². The van der Waals surface area contributed by atoms with Crippen LogP contribution in [0.4, 0.5) is 0 Å². The average molecular weight is 275 g/mol. The highest BCUT2D eigenvalue weighted by Gasteiger charge is 2.07. The second-order valence-electron chi connectivity index (χ2n) is 3.36. The molecule has 0 N–H and O–H groups in total. The molecule has 1 heterocycles. The number of rotatable bonds is 6. The molecule has 0 bridgehead atoms. The molecular formula is C11H15BrOS. The number of thiophene rings is 1. The number of carbonyl (C=O) groups excluding carboxylic acids is 1. The molecule has 0 spiro atoms. The van der Waals surface area contributed by atoms with Crippen LogP contribution < -0.4 is 0 Å². The molecule has 1 rings (SSSR count). The zero-order valence-corrected chi connectivity index (χ0v) is 10.8. The molecule has 1 aromatic heterocycles. The zero-order valence-electron chi connectivity index (χ0n) is 8.38. The monoisotopic (exact) mass is 274 g/mol. The quantitative estimate of drug-likeness (QED) is 0.711. The maximum Gasteiger partial charge on any atom is 0.138 e. The lowest BCUT2D eigenvalue weighted by atomic mass is 10.1. The number of ketones is 1. The van der Waals surface area contributed by atoms with Crippen molar-refractivity contribution in [1.29, 1.82) is 0 Å². The Bertz CT molecular complexity index is 293. The van der Waals surface area contributed by atoms with Crippen molar-refractivity contribution in [3.63, 3.8) is 0 Å². The first-order valence-corrected chi connectivity index (χ1v) is 6.65. The Morgan fingerprint density at radius 2 is 2.29 bits per heavy atom. The summed E-state index contributed by atoms with van der Waals surface area (Å²) < 4.78 is 1.08. The number of carbonyl (C=O) groups is 1. The highest BCUT2D eigenvalue weighted by molar-refractivity contribution is 9.10. The van der Waals surface area contributed by atoms with E-state index in [-0.39, 0.29) is 0 Å². The Morgan fingerprint density at radius 1 is 1.50 bits per heavy atom. The Morgan fingerprint density at radius 3 is 2.86 bits per heavy atom. The van der Waals surface area contributed by atoms with E-state index in [0.29, 0.717) is 12.2 Å². The largest absolute Gasteiger partial charge is 0.299 e. The van der Waals surface area contributed by atoms with Gasteiger partial charge in [0.15, 0.2) is 0 Å². The molecule has 0 aliphatic heterocycles. The third-order valence-electron chi connectivity index (χ3n) is 2.11. The van der Waals surface area contributed by atoms with Crippen LogP contribution >= 0.6 is 27.3 Å². The van der Waals surface area contributed by atoms with Crippen LogP contribution in [0.5, 0.6) is 0 Å². The molecule has 78 valence electrons. The third-order valence-corrected chi connectivity index (χ3v) is 4.03. The van der Waals surface area contributed by atoms with E-state index in [9.17, 15) is 4.79 Å². The van der Waals surface area contributed by atoms with Gasteiger partial charge in [0.2, 0.25) is 0 Å². The van der Waals surface area contributed by atoms with Crippen molar-refractivity contribution >= 4 is 33.0 Å². The predicted molar refractivity (Wildman–Crippen MR) is 64.9 cm³/mol. The Labute approximate surface area is 97.7 Å². The molecule has 0 radical (unpaired) electrons. The van der Waals surface area contributed by atoms with Gasteiger partial charge in [-0.1, -0.05) is 19.8 Å². The minimum absolute atomic E-state index is 0.363. The van der Waals surface area contributed by atoms with Crippen LogP contribution in [-0.2, 0) is 11.2 Å². The first-order valence-electron chi connectivity index (χ1n) is 4.97. The fourth-order valence-electron chi connectivity index (χ4n) is 1.29. The van der Waals surface area contributed by atoms with Gasteiger partial charge in [-0.2, -0.15) is 0 Å². The number of halogens is 1. The smallest absolute Gasteiger partial charge is 0.138 e. The van der Waals surface area contributed by atoms with Crippen molar-refractivity contribution in [3.05, 3.63) is 20.8 Å². The van der Waals surface area contributed by atoms with E-state index in [1.54, 1.807) is 11.3 Å². The van der Waals surface area contributed by atoms with Crippen LogP contribution in [-0.4, -0.2) is 5.78 Å². The molecule has 0 aromatic carbocycles. The zero-order chi connectivity index (χ0) is 10.4. The summed E-state index contributed by atoms with van der Waals surface area (Å²) in [6, 6.07) is 2.00. The van der Waals surface area contributed by atoms with Gasteiger partial charge >= 0.3 is 0 Å². The molecule has 0 unspecified atom stereocenters. The third kappa shape index (κ3) is 3.93. The van der Waals surface area contributed by atoms with Crippen LogP contribution in [0, 0.1) is 0 Å². The Balaban J connectivity index is 2.31. The first-order chi connectivity index (χ1) is 6.74. The Hall–Kier alpha value is -0.150. The van der Waals surface area contributed by atoms with E-state index in [2.05, 4.69) is 22.9 Å². The number of unbranched alkanes of at least 4 members (excludes halogenated alkanes) is 2. The van der Waals surface area contributed by atoms with E-state index in [1.165, 1.54) is 6.42 Å². The summed E-state index contributed by atoms with van der Waals surface area (Å²) >= 11 is 5.08. The molecule has 0 atom stereocenters. The van der Waals surface area contributed by atoms with Crippen molar-refractivity contribution in [2.45, 2.75) is 39.0 Å². The highest BCUT2D eigenvalue weighted by atomic mass is 79.9. The van der Waals surface area contributed by atoms with Gasteiger partial charge < -0.3 is 0 Å². The summed E-state index contributed by atoms with van der Waals surface area (Å²) in [7, 11) is 0. The molecule has 0 amide bonds. The predicted octanol–water partition coefficient (Wildman–Crippen LogP) is 4.20. The molecule has 0 aliphatic rings. The van der Waals surface area contributed by atoms with Gasteiger partial charge in [-0.3, -0.25) is 4.79 Å². The minimum atomic E-state index is 0.363. The number of Topliss-reactive ketones (excluding diaryl/α,β-unsaturated/α-hetero) is 1. The van der Waals surface area contributed by atoms with Crippen molar-refractivity contribution in [1.82, 2.24) is 0 Å². The summed E-state index contributed by atoms with van der Waals surface area (Å²) in [5.41, 5.74) is 0. The summed E-state index contributed by atoms with van der Waals surface area (Å²) in [5, 5.41) is 2.01. The fourth-order valence-corrected chi connectivity index (χ4v) is 2.81. The molecule has 1 aromatic rings. The summed E-state index contributed by atoms with van der Waals surface area (Å²) in [6.07, 6.45) is 4.71. The molecule has 3 heteroatoms. The van der Waals surface area contributed by atoms with Crippen molar-refractivity contribution < 1.29 is 4.79 Å². The van der Waals surface area contributed by atoms with Crippen LogP contribution in [0.3, 0.4) is 0 Å². The number of hydrogen-bond acceptors (Lipinski definition) is 2. The van der Waals surface area contributed by atoms with Gasteiger partial charge in [0.05, 0.1) is 0 Å². The standard InChI is InChI=1S/C11H15BrOS/c1-2-3-4-5-9(13)8-11-10(12)6-7-14-11/h6-7H,2-5,8H2,1H3. The van der Waals surface area contributed by atoms with Crippen molar-refractivity contribution in [3.8, 4) is 0 Å². The lowest BCUT2D eigenvalue weighted by molar-refractivity contribution is -0.118. The second kappa shape index (κ2) is 6.36. The summed E-state index contributed by atoms with van der Waals surface area (Å²) in [6.45, 7) is 2.15. The van der Waals surface area contributed by atoms with Crippen molar-refractivity contribution in [2.75, 3.05) is 0 Å². The van der Waals surface area contributed by atoms with Crippen molar-refractivity contribution in [2.24, 2.45) is 0 Å². The topological polar surface area (TPSA) is 17.1 Å². The molecule has 1 nitrogen and oxygen atoms in total. The lowest BCUT2D eigenvalue weighted by Crippen LogP contribution is -2.01. The van der Waals surface area contributed by atoms with Gasteiger partial charge in [-0.05, 0) is 33.8 Å². The van der Waals surface area contributed by atoms with E-state index < -0.39 is 0 Å². The van der Waals surface area contributed by atoms with Crippen LogP contribution in [0.25, 0.3) is 0 Å². The second-order valence-corrected chi connectivity index (χ2v) is 5.22. The molecule has 0 saturated heterocycles. The van der Waals surface area contributed by atoms with E-state index in [0.717, 1.165) is 28.6 Å². The maximum absolute atomic E-state index is 11.5. The molecule has 0 fully saturated rings. The summed E-state index contributed by atoms with van der Waals surface area (Å²) in [5.74, 6) is 0.363. The molecule has 14 heavy (non-hydrogen) atoms. The fraction of sp³-hybridized carbons (Fsp3) is 0.545. The first kappa shape index (κ1) is 11.9. The van der Waals surface area contributed by atoms with Gasteiger partial charge in [-0.25, -0.2) is 0 Å². The van der Waals surface area contributed by atoms with E-state index >= 15 is 0 Å². The lowest BCUT2D eigenvalue weighted by Gasteiger charge is -1.99. The highest BCUT2D eigenvalue weighted by Crippen LogP contribution is 2.23. The van der Waals surface area contributed by atoms with Gasteiger partial charge in [0, 0.05) is 22.2 Å². The minimum Gasteiger partial charge on any atom is -0.299 e. The summed E-state index contributed by atoms with van der Waals surface area (Å²) in [4.78, 5) is 12.7. The SMILES string of the molecule is CCCCCC(=O)Cc1sccc1Br. The maximum atomic E-state index is 11.5. The van der Waals surface area contributed by atoms with Gasteiger partial charge in [0.1, 0.15) is 5.78 Å². The van der Waals surface area contributed by atoms with Crippen LogP contribution in [0.15, 0.2) is 15.9 Å². The van der Waals surface area contributed by atoms with Crippen LogP contribution in [0.1, 0.15) is 37.5 Å². The normalized spacial score (nSPS) is 10.4.